The molecule has 1 aliphatic carbocycles. The maximum absolute atomic E-state index is 13.8. The Hall–Kier alpha value is -1.98. The van der Waals surface area contributed by atoms with E-state index in [1.54, 1.807) is 4.90 Å². The van der Waals surface area contributed by atoms with E-state index in [-0.39, 0.29) is 23.9 Å². The van der Waals surface area contributed by atoms with Crippen molar-refractivity contribution in [1.29, 1.82) is 0 Å². The zero-order valence-electron chi connectivity index (χ0n) is 12.0. The number of rotatable bonds is 4. The van der Waals surface area contributed by atoms with Crippen LogP contribution in [0, 0.1) is 17.6 Å². The monoisotopic (exact) mass is 309 g/mol. The number of nitrogens with zero attached hydrogens (tertiary/aromatic N) is 1. The number of carboxylic acids is 1. The van der Waals surface area contributed by atoms with Gasteiger partial charge in [0.05, 0.1) is 6.42 Å². The lowest BCUT2D eigenvalue weighted by molar-refractivity contribution is -0.140. The maximum Gasteiger partial charge on any atom is 0.305 e. The molecule has 1 amide bonds. The van der Waals surface area contributed by atoms with Crippen molar-refractivity contribution in [3.63, 3.8) is 0 Å². The number of aliphatic carboxylic acids is 1. The molecule has 0 spiro atoms. The van der Waals surface area contributed by atoms with Gasteiger partial charge in [0, 0.05) is 30.0 Å². The third-order valence-electron chi connectivity index (χ3n) is 4.55. The summed E-state index contributed by atoms with van der Waals surface area (Å²) in [5, 5.41) is 8.89. The van der Waals surface area contributed by atoms with E-state index >= 15 is 0 Å². The van der Waals surface area contributed by atoms with Crippen molar-refractivity contribution in [3.8, 4) is 0 Å². The van der Waals surface area contributed by atoms with E-state index in [1.165, 1.54) is 18.2 Å². The highest BCUT2D eigenvalue weighted by molar-refractivity contribution is 5.84. The number of amides is 1. The summed E-state index contributed by atoms with van der Waals surface area (Å²) in [4.78, 5) is 24.9. The summed E-state index contributed by atoms with van der Waals surface area (Å²) in [5.41, 5.74) is -0.0187. The number of halogens is 2. The number of benzene rings is 1. The van der Waals surface area contributed by atoms with Gasteiger partial charge < -0.3 is 10.0 Å². The van der Waals surface area contributed by atoms with Gasteiger partial charge in [0.1, 0.15) is 11.6 Å². The van der Waals surface area contributed by atoms with Crippen molar-refractivity contribution in [2.24, 2.45) is 5.92 Å². The van der Waals surface area contributed by atoms with Crippen LogP contribution in [-0.4, -0.2) is 34.5 Å². The van der Waals surface area contributed by atoms with E-state index < -0.39 is 29.4 Å². The normalized spacial score (nSPS) is 27.0. The molecule has 1 aliphatic heterocycles. The first-order chi connectivity index (χ1) is 10.5. The smallest absolute Gasteiger partial charge is 0.305 e. The van der Waals surface area contributed by atoms with E-state index in [0.29, 0.717) is 19.4 Å². The first kappa shape index (κ1) is 14.9. The third-order valence-corrected chi connectivity index (χ3v) is 4.55. The minimum Gasteiger partial charge on any atom is -0.481 e. The average molecular weight is 309 g/mol. The molecule has 1 N–H and O–H groups in total. The largest absolute Gasteiger partial charge is 0.481 e. The molecule has 2 fully saturated rings. The van der Waals surface area contributed by atoms with Crippen LogP contribution in [0.1, 0.15) is 37.2 Å². The minimum absolute atomic E-state index is 0.0187. The molecule has 6 heteroatoms. The van der Waals surface area contributed by atoms with Crippen molar-refractivity contribution < 1.29 is 23.5 Å². The van der Waals surface area contributed by atoms with Crippen LogP contribution in [0.25, 0.3) is 0 Å². The lowest BCUT2D eigenvalue weighted by atomic mass is 10.1. The van der Waals surface area contributed by atoms with Crippen LogP contribution in [-0.2, 0) is 9.59 Å². The summed E-state index contributed by atoms with van der Waals surface area (Å²) in [5.74, 6) is -3.21. The van der Waals surface area contributed by atoms with Crippen LogP contribution in [0.15, 0.2) is 18.2 Å². The molecule has 1 heterocycles. The van der Waals surface area contributed by atoms with Gasteiger partial charge in [-0.15, -0.1) is 0 Å². The molecule has 0 aromatic heterocycles. The van der Waals surface area contributed by atoms with Gasteiger partial charge in [-0.1, -0.05) is 6.07 Å². The highest BCUT2D eigenvalue weighted by atomic mass is 19.1. The van der Waals surface area contributed by atoms with Crippen LogP contribution in [0.2, 0.25) is 0 Å². The number of likely N-dealkylation sites (tertiary alicyclic amines) is 1. The summed E-state index contributed by atoms with van der Waals surface area (Å²) in [7, 11) is 0. The van der Waals surface area contributed by atoms with Gasteiger partial charge >= 0.3 is 5.97 Å². The average Bonchev–Trinajstić information content (AvgIpc) is 3.09. The molecule has 1 saturated heterocycles. The van der Waals surface area contributed by atoms with Gasteiger partial charge in [-0.05, 0) is 31.4 Å². The fraction of sp³-hybridized carbons (Fsp3) is 0.500. The molecule has 0 bridgehead atoms. The molecule has 0 radical (unpaired) electrons. The van der Waals surface area contributed by atoms with E-state index in [4.69, 9.17) is 5.11 Å². The van der Waals surface area contributed by atoms with Crippen LogP contribution in [0.3, 0.4) is 0 Å². The Labute approximate surface area is 126 Å². The topological polar surface area (TPSA) is 57.6 Å². The molecule has 2 aliphatic rings. The molecule has 1 aromatic carbocycles. The number of hydrogen-bond donors (Lipinski definition) is 1. The van der Waals surface area contributed by atoms with Gasteiger partial charge in [0.2, 0.25) is 5.91 Å². The van der Waals surface area contributed by atoms with E-state index in [9.17, 15) is 18.4 Å². The number of carbonyl (C=O) groups is 2. The Balaban J connectivity index is 1.71. The molecular weight excluding hydrogens is 292 g/mol. The van der Waals surface area contributed by atoms with Gasteiger partial charge in [0.15, 0.2) is 0 Å². The number of carbonyl (C=O) groups excluding carboxylic acids is 1. The van der Waals surface area contributed by atoms with Crippen LogP contribution < -0.4 is 0 Å². The molecule has 1 saturated carbocycles. The van der Waals surface area contributed by atoms with Crippen LogP contribution in [0.5, 0.6) is 0 Å². The molecule has 3 unspecified atom stereocenters. The molecule has 3 rings (SSSR count). The fourth-order valence-electron chi connectivity index (χ4n) is 3.40. The standard InChI is InChI=1S/C16H17F2NO3/c17-12-4-1-5-13(18)15(12)10-8-11(10)16(22)19-6-2-3-9(19)7-14(20)21/h1,4-5,9-11H,2-3,6-8H2,(H,20,21). The fourth-order valence-corrected chi connectivity index (χ4v) is 3.40. The van der Waals surface area contributed by atoms with Gasteiger partial charge in [0.25, 0.3) is 0 Å². The van der Waals surface area contributed by atoms with Crippen molar-refractivity contribution in [2.45, 2.75) is 37.6 Å². The highest BCUT2D eigenvalue weighted by Crippen LogP contribution is 2.50. The minimum atomic E-state index is -0.933. The van der Waals surface area contributed by atoms with Gasteiger partial charge in [-0.25, -0.2) is 8.78 Å². The Kier molecular flexibility index (Phi) is 3.85. The Bertz CT molecular complexity index is 599. The Morgan fingerprint density at radius 2 is 1.95 bits per heavy atom. The number of hydrogen-bond acceptors (Lipinski definition) is 2. The van der Waals surface area contributed by atoms with Gasteiger partial charge in [-0.2, -0.15) is 0 Å². The first-order valence-electron chi connectivity index (χ1n) is 7.45. The summed E-state index contributed by atoms with van der Waals surface area (Å²) in [6.07, 6.45) is 1.79. The third kappa shape index (κ3) is 2.69. The molecule has 118 valence electrons. The quantitative estimate of drug-likeness (QED) is 0.930. The van der Waals surface area contributed by atoms with Crippen molar-refractivity contribution >= 4 is 11.9 Å². The molecule has 3 atom stereocenters. The second-order valence-electron chi connectivity index (χ2n) is 6.01. The maximum atomic E-state index is 13.8. The van der Waals surface area contributed by atoms with E-state index in [0.717, 1.165) is 6.42 Å². The van der Waals surface area contributed by atoms with Crippen molar-refractivity contribution in [3.05, 3.63) is 35.4 Å². The lowest BCUT2D eigenvalue weighted by Gasteiger charge is -2.23. The van der Waals surface area contributed by atoms with Gasteiger partial charge in [-0.3, -0.25) is 9.59 Å². The highest BCUT2D eigenvalue weighted by Gasteiger charge is 2.49. The number of carboxylic acid groups (broad SMARTS) is 1. The van der Waals surface area contributed by atoms with E-state index in [2.05, 4.69) is 0 Å². The SMILES string of the molecule is O=C(O)CC1CCCN1C(=O)C1CC1c1c(F)cccc1F. The first-order valence-corrected chi connectivity index (χ1v) is 7.45. The lowest BCUT2D eigenvalue weighted by Crippen LogP contribution is -2.38. The zero-order chi connectivity index (χ0) is 15.9. The zero-order valence-corrected chi connectivity index (χ0v) is 12.0. The molecule has 22 heavy (non-hydrogen) atoms. The Morgan fingerprint density at radius 3 is 2.59 bits per heavy atom. The summed E-state index contributed by atoms with van der Waals surface area (Å²) in [6, 6.07) is 3.40. The summed E-state index contributed by atoms with van der Waals surface area (Å²) >= 11 is 0. The summed E-state index contributed by atoms with van der Waals surface area (Å²) < 4.78 is 27.5. The van der Waals surface area contributed by atoms with E-state index in [1.807, 2.05) is 0 Å². The second-order valence-corrected chi connectivity index (χ2v) is 6.01. The molecule has 4 nitrogen and oxygen atoms in total. The van der Waals surface area contributed by atoms with Crippen LogP contribution in [0.4, 0.5) is 8.78 Å². The van der Waals surface area contributed by atoms with Crippen molar-refractivity contribution in [1.82, 2.24) is 4.90 Å². The molecular formula is C16H17F2NO3. The predicted octanol–water partition coefficient (Wildman–Crippen LogP) is 2.53. The second kappa shape index (κ2) is 5.66. The predicted molar refractivity (Wildman–Crippen MR) is 74.2 cm³/mol. The van der Waals surface area contributed by atoms with Crippen LogP contribution >= 0.6 is 0 Å². The summed E-state index contributed by atoms with van der Waals surface area (Å²) in [6.45, 7) is 0.528. The Morgan fingerprint density at radius 1 is 1.27 bits per heavy atom. The molecule has 1 aromatic rings. The van der Waals surface area contributed by atoms with Crippen molar-refractivity contribution in [2.75, 3.05) is 6.54 Å².